The number of carboxylic acid groups (broad SMARTS) is 1. The predicted octanol–water partition coefficient (Wildman–Crippen LogP) is 4.75. The monoisotopic (exact) mass is 394 g/mol. The zero-order valence-electron chi connectivity index (χ0n) is 12.3. The predicted molar refractivity (Wildman–Crippen MR) is 93.1 cm³/mol. The molecule has 1 amide bonds. The van der Waals surface area contributed by atoms with Gasteiger partial charge in [0.2, 0.25) is 0 Å². The summed E-state index contributed by atoms with van der Waals surface area (Å²) in [4.78, 5) is 17.1. The highest BCUT2D eigenvalue weighted by Crippen LogP contribution is 2.42. The number of aromatic nitrogens is 1. The molecule has 1 fully saturated rings. The van der Waals surface area contributed by atoms with Crippen LogP contribution < -0.4 is 0 Å². The summed E-state index contributed by atoms with van der Waals surface area (Å²) in [6, 6.07) is 9.75. The molecule has 4 nitrogen and oxygen atoms in total. The molecule has 120 valence electrons. The minimum Gasteiger partial charge on any atom is -0.465 e. The molecule has 2 aromatic rings. The molecule has 2 unspecified atom stereocenters. The molecule has 1 aromatic heterocycles. The van der Waals surface area contributed by atoms with E-state index in [1.54, 1.807) is 6.20 Å². The number of rotatable bonds is 2. The van der Waals surface area contributed by atoms with E-state index in [0.717, 1.165) is 22.0 Å². The van der Waals surface area contributed by atoms with Crippen LogP contribution in [-0.4, -0.2) is 34.2 Å². The molecule has 1 N–H and O–H groups in total. The van der Waals surface area contributed by atoms with Crippen LogP contribution in [-0.2, 0) is 0 Å². The maximum Gasteiger partial charge on any atom is 0.407 e. The van der Waals surface area contributed by atoms with Crippen molar-refractivity contribution in [3.8, 4) is 0 Å². The topological polar surface area (TPSA) is 53.4 Å². The van der Waals surface area contributed by atoms with E-state index in [4.69, 9.17) is 11.6 Å². The van der Waals surface area contributed by atoms with E-state index in [9.17, 15) is 9.90 Å². The second-order valence-corrected chi connectivity index (χ2v) is 7.01. The van der Waals surface area contributed by atoms with E-state index < -0.39 is 6.09 Å². The molecule has 2 heterocycles. The number of likely N-dealkylation sites (tertiary alicyclic amines) is 1. The van der Waals surface area contributed by atoms with Crippen LogP contribution in [0.4, 0.5) is 4.79 Å². The van der Waals surface area contributed by atoms with Crippen LogP contribution in [0.2, 0.25) is 5.02 Å². The first-order valence-corrected chi connectivity index (χ1v) is 8.56. The minimum atomic E-state index is -0.882. The highest BCUT2D eigenvalue weighted by Gasteiger charge is 2.34. The van der Waals surface area contributed by atoms with E-state index in [2.05, 4.69) is 20.9 Å². The first-order chi connectivity index (χ1) is 11.1. The molecule has 1 aliphatic heterocycles. The molecule has 3 rings (SSSR count). The fraction of sp³-hybridized carbons (Fsp3) is 0.294. The lowest BCUT2D eigenvalue weighted by molar-refractivity contribution is 0.125. The number of piperidine rings is 1. The van der Waals surface area contributed by atoms with Crippen molar-refractivity contribution in [1.29, 1.82) is 0 Å². The van der Waals surface area contributed by atoms with Crippen LogP contribution in [0.5, 0.6) is 0 Å². The van der Waals surface area contributed by atoms with Gasteiger partial charge in [-0.05, 0) is 41.7 Å². The number of hydrogen-bond donors (Lipinski definition) is 1. The number of nitrogens with zero attached hydrogens (tertiary/aromatic N) is 2. The first-order valence-electron chi connectivity index (χ1n) is 7.39. The number of pyridine rings is 1. The van der Waals surface area contributed by atoms with E-state index in [-0.39, 0.29) is 11.8 Å². The molecule has 0 bridgehead atoms. The summed E-state index contributed by atoms with van der Waals surface area (Å²) < 4.78 is 0.912. The summed E-state index contributed by atoms with van der Waals surface area (Å²) in [5.74, 6) is 0.225. The van der Waals surface area contributed by atoms with Crippen molar-refractivity contribution in [3.63, 3.8) is 0 Å². The lowest BCUT2D eigenvalue weighted by Crippen LogP contribution is -2.41. The van der Waals surface area contributed by atoms with Crippen LogP contribution >= 0.6 is 27.5 Å². The molecule has 2 atom stereocenters. The van der Waals surface area contributed by atoms with Gasteiger partial charge in [0.25, 0.3) is 0 Å². The Morgan fingerprint density at radius 3 is 2.83 bits per heavy atom. The van der Waals surface area contributed by atoms with Gasteiger partial charge in [-0.15, -0.1) is 0 Å². The van der Waals surface area contributed by atoms with Crippen molar-refractivity contribution < 1.29 is 9.90 Å². The van der Waals surface area contributed by atoms with Gasteiger partial charge < -0.3 is 10.0 Å². The highest BCUT2D eigenvalue weighted by atomic mass is 79.9. The van der Waals surface area contributed by atoms with Gasteiger partial charge in [0, 0.05) is 40.9 Å². The average molecular weight is 396 g/mol. The fourth-order valence-electron chi connectivity index (χ4n) is 3.24. The zero-order chi connectivity index (χ0) is 16.4. The molecule has 1 aromatic carbocycles. The second-order valence-electron chi connectivity index (χ2n) is 5.68. The Labute approximate surface area is 148 Å². The molecule has 0 radical (unpaired) electrons. The third-order valence-corrected chi connectivity index (χ3v) is 5.18. The first kappa shape index (κ1) is 16.3. The van der Waals surface area contributed by atoms with Gasteiger partial charge in [-0.1, -0.05) is 39.7 Å². The van der Waals surface area contributed by atoms with E-state index in [1.807, 2.05) is 36.5 Å². The van der Waals surface area contributed by atoms with Gasteiger partial charge in [-0.2, -0.15) is 0 Å². The zero-order valence-corrected chi connectivity index (χ0v) is 14.7. The number of benzene rings is 1. The van der Waals surface area contributed by atoms with Gasteiger partial charge in [0.15, 0.2) is 0 Å². The number of amides is 1. The van der Waals surface area contributed by atoms with Gasteiger partial charge in [0.1, 0.15) is 0 Å². The van der Waals surface area contributed by atoms with Crippen LogP contribution in [0.15, 0.2) is 47.2 Å². The molecular formula is C17H16BrClN2O2. The van der Waals surface area contributed by atoms with Gasteiger partial charge in [0.05, 0.1) is 0 Å². The smallest absolute Gasteiger partial charge is 0.407 e. The maximum atomic E-state index is 11.4. The van der Waals surface area contributed by atoms with Gasteiger partial charge in [-0.3, -0.25) is 4.98 Å². The number of halogens is 2. The minimum absolute atomic E-state index is 0.0182. The number of carbonyl (C=O) groups is 1. The Balaban J connectivity index is 1.99. The van der Waals surface area contributed by atoms with Crippen LogP contribution in [0.3, 0.4) is 0 Å². The summed E-state index contributed by atoms with van der Waals surface area (Å²) in [6.45, 7) is 0.968. The van der Waals surface area contributed by atoms with Crippen LogP contribution in [0.1, 0.15) is 29.4 Å². The Morgan fingerprint density at radius 2 is 2.17 bits per heavy atom. The molecule has 1 aliphatic rings. The van der Waals surface area contributed by atoms with Crippen molar-refractivity contribution >= 4 is 33.6 Å². The van der Waals surface area contributed by atoms with Gasteiger partial charge >= 0.3 is 6.09 Å². The van der Waals surface area contributed by atoms with E-state index in [0.29, 0.717) is 18.1 Å². The third-order valence-electron chi connectivity index (χ3n) is 4.36. The second kappa shape index (κ2) is 6.89. The largest absolute Gasteiger partial charge is 0.465 e. The van der Waals surface area contributed by atoms with Crippen molar-refractivity contribution in [1.82, 2.24) is 9.88 Å². The normalized spacial score (nSPS) is 21.2. The van der Waals surface area contributed by atoms with Gasteiger partial charge in [-0.25, -0.2) is 4.79 Å². The summed E-state index contributed by atoms with van der Waals surface area (Å²) in [7, 11) is 0. The Morgan fingerprint density at radius 1 is 1.35 bits per heavy atom. The lowest BCUT2D eigenvalue weighted by Gasteiger charge is -2.38. The summed E-state index contributed by atoms with van der Waals surface area (Å²) in [5, 5.41) is 10.0. The quantitative estimate of drug-likeness (QED) is 0.798. The molecular weight excluding hydrogens is 380 g/mol. The van der Waals surface area contributed by atoms with Crippen molar-refractivity contribution in [2.75, 3.05) is 13.1 Å². The highest BCUT2D eigenvalue weighted by molar-refractivity contribution is 9.10. The Bertz CT molecular complexity index is 711. The van der Waals surface area contributed by atoms with Crippen molar-refractivity contribution in [3.05, 3.63) is 63.3 Å². The molecule has 1 saturated heterocycles. The standard InChI is InChI=1S/C17H16BrClN2O2/c18-12-3-4-14(16(19)8-12)15-10-21(17(22)23)7-5-13(15)11-2-1-6-20-9-11/h1-4,6,8-9,13,15H,5,7,10H2,(H,22,23). The molecule has 6 heteroatoms. The molecule has 0 spiro atoms. The fourth-order valence-corrected chi connectivity index (χ4v) is 4.05. The summed E-state index contributed by atoms with van der Waals surface area (Å²) in [5.41, 5.74) is 2.11. The third kappa shape index (κ3) is 3.51. The average Bonchev–Trinajstić information content (AvgIpc) is 2.55. The van der Waals surface area contributed by atoms with E-state index >= 15 is 0 Å². The summed E-state index contributed by atoms with van der Waals surface area (Å²) >= 11 is 9.85. The van der Waals surface area contributed by atoms with Crippen LogP contribution in [0.25, 0.3) is 0 Å². The number of hydrogen-bond acceptors (Lipinski definition) is 2. The molecule has 23 heavy (non-hydrogen) atoms. The van der Waals surface area contributed by atoms with E-state index in [1.165, 1.54) is 4.90 Å². The summed E-state index contributed by atoms with van der Waals surface area (Å²) in [6.07, 6.45) is 3.49. The van der Waals surface area contributed by atoms with Crippen molar-refractivity contribution in [2.24, 2.45) is 0 Å². The Hall–Kier alpha value is -1.59. The lowest BCUT2D eigenvalue weighted by atomic mass is 9.77. The maximum absolute atomic E-state index is 11.4. The SMILES string of the molecule is O=C(O)N1CCC(c2cccnc2)C(c2ccc(Br)cc2Cl)C1. The molecule has 0 saturated carbocycles. The van der Waals surface area contributed by atoms with Crippen molar-refractivity contribution in [2.45, 2.75) is 18.3 Å². The molecule has 0 aliphatic carbocycles. The van der Waals surface area contributed by atoms with Crippen LogP contribution in [0, 0.1) is 0 Å². The Kier molecular flexibility index (Phi) is 4.87.